The number of esters is 3. The first-order valence-electron chi connectivity index (χ1n) is 24.4. The summed E-state index contributed by atoms with van der Waals surface area (Å²) in [7, 11) is 0. The molecule has 0 fully saturated rings. The van der Waals surface area contributed by atoms with Crippen molar-refractivity contribution in [3.63, 3.8) is 0 Å². The molecule has 338 valence electrons. The van der Waals surface area contributed by atoms with E-state index >= 15 is 0 Å². The molecule has 9 nitrogen and oxygen atoms in total. The van der Waals surface area contributed by atoms with Crippen molar-refractivity contribution < 1.29 is 43.9 Å². The summed E-state index contributed by atoms with van der Waals surface area (Å²) in [4.78, 5) is 39.5. The average molecular weight is 813 g/mol. The Morgan fingerprint density at radius 2 is 0.596 bits per heavy atom. The van der Waals surface area contributed by atoms with Gasteiger partial charge in [-0.15, -0.1) is 0 Å². The molecule has 0 aliphatic carbocycles. The van der Waals surface area contributed by atoms with E-state index in [0.717, 1.165) is 57.8 Å². The second-order valence-electron chi connectivity index (χ2n) is 16.8. The third-order valence-corrected chi connectivity index (χ3v) is 11.2. The zero-order valence-electron chi connectivity index (χ0n) is 37.6. The Kier molecular flexibility index (Phi) is 38.5. The molecule has 9 heteroatoms. The lowest BCUT2D eigenvalue weighted by atomic mass is 10.0. The number of aliphatic hydroxyl groups excluding tert-OH is 1. The van der Waals surface area contributed by atoms with Crippen LogP contribution in [-0.4, -0.2) is 51.6 Å². The van der Waals surface area contributed by atoms with Gasteiger partial charge in [-0.2, -0.15) is 0 Å². The molecule has 0 aromatic heterocycles. The number of rotatable bonds is 44. The molecule has 0 amide bonds. The Balaban J connectivity index is 5.28. The molecule has 0 aromatic rings. The standard InChI is InChI=1S/C48H92O9/c1-4-7-10-13-16-19-22-25-28-31-34-39-44(50)55-47(42-37-38-43-49,56-45(51)40-35-32-29-26-23-20-17-14-11-8-5-2)48(53,54)57-46(52)41-36-33-30-27-24-21-18-15-12-9-6-3/h49,53-54H,4-43H2,1-3H3. The van der Waals surface area contributed by atoms with Crippen LogP contribution in [0.1, 0.15) is 271 Å². The molecule has 0 radical (unpaired) electrons. The van der Waals surface area contributed by atoms with E-state index in [1.165, 1.54) is 135 Å². The van der Waals surface area contributed by atoms with Crippen molar-refractivity contribution in [2.75, 3.05) is 6.61 Å². The molecule has 57 heavy (non-hydrogen) atoms. The maximum atomic E-state index is 13.3. The zero-order valence-corrected chi connectivity index (χ0v) is 37.6. The van der Waals surface area contributed by atoms with Crippen LogP contribution in [0.25, 0.3) is 0 Å². The summed E-state index contributed by atoms with van der Waals surface area (Å²) in [6.07, 6.45) is 36.6. The SMILES string of the molecule is CCCCCCCCCCCCCC(=O)OC(O)(O)C(CCCCO)(OC(=O)CCCCCCCCCCCCC)OC(=O)CCCCCCCCCCCCC. The molecule has 0 aromatic carbocycles. The fourth-order valence-electron chi connectivity index (χ4n) is 7.45. The quantitative estimate of drug-likeness (QED) is 0.0311. The number of aliphatic hydroxyl groups is 3. The van der Waals surface area contributed by atoms with Crippen LogP contribution in [0.2, 0.25) is 0 Å². The lowest BCUT2D eigenvalue weighted by Gasteiger charge is -2.40. The van der Waals surface area contributed by atoms with Crippen LogP contribution in [0.5, 0.6) is 0 Å². The topological polar surface area (TPSA) is 140 Å². The maximum absolute atomic E-state index is 13.3. The van der Waals surface area contributed by atoms with Gasteiger partial charge in [0.15, 0.2) is 0 Å². The third kappa shape index (κ3) is 32.8. The van der Waals surface area contributed by atoms with Crippen LogP contribution in [0.3, 0.4) is 0 Å². The number of hydrogen-bond donors (Lipinski definition) is 3. The Morgan fingerprint density at radius 1 is 0.351 bits per heavy atom. The van der Waals surface area contributed by atoms with Gasteiger partial charge in [-0.05, 0) is 32.1 Å². The number of carbonyl (C=O) groups is 3. The number of hydrogen-bond acceptors (Lipinski definition) is 9. The molecule has 3 N–H and O–H groups in total. The van der Waals surface area contributed by atoms with Crippen molar-refractivity contribution in [1.29, 1.82) is 0 Å². The normalized spacial score (nSPS) is 11.9. The van der Waals surface area contributed by atoms with E-state index in [2.05, 4.69) is 20.8 Å². The molecule has 0 rings (SSSR count). The molecular formula is C48H92O9. The molecule has 0 spiro atoms. The summed E-state index contributed by atoms with van der Waals surface area (Å²) < 4.78 is 16.6. The van der Waals surface area contributed by atoms with Gasteiger partial charge in [-0.1, -0.05) is 213 Å². The summed E-state index contributed by atoms with van der Waals surface area (Å²) in [5.74, 6) is -8.45. The predicted molar refractivity (Wildman–Crippen MR) is 232 cm³/mol. The first-order chi connectivity index (χ1) is 27.7. The van der Waals surface area contributed by atoms with Gasteiger partial charge in [0.25, 0.3) is 0 Å². The lowest BCUT2D eigenvalue weighted by Crippen LogP contribution is -2.61. The van der Waals surface area contributed by atoms with Crippen molar-refractivity contribution in [1.82, 2.24) is 0 Å². The van der Waals surface area contributed by atoms with Crippen molar-refractivity contribution >= 4 is 17.9 Å². The minimum atomic E-state index is -3.41. The van der Waals surface area contributed by atoms with Crippen LogP contribution < -0.4 is 0 Å². The number of unbranched alkanes of at least 4 members (excludes halogenated alkanes) is 31. The van der Waals surface area contributed by atoms with Gasteiger partial charge in [0, 0.05) is 32.3 Å². The van der Waals surface area contributed by atoms with Gasteiger partial charge in [0.05, 0.1) is 0 Å². The molecule has 0 saturated carbocycles. The van der Waals surface area contributed by atoms with E-state index < -0.39 is 29.7 Å². The smallest absolute Gasteiger partial charge is 0.406 e. The van der Waals surface area contributed by atoms with Crippen molar-refractivity contribution in [3.8, 4) is 0 Å². The highest BCUT2D eigenvalue weighted by atomic mass is 16.9. The zero-order chi connectivity index (χ0) is 42.1. The minimum Gasteiger partial charge on any atom is -0.413 e. The number of carbonyl (C=O) groups excluding carboxylic acids is 3. The van der Waals surface area contributed by atoms with Gasteiger partial charge in [-0.25, -0.2) is 0 Å². The van der Waals surface area contributed by atoms with E-state index in [0.29, 0.717) is 19.3 Å². The molecule has 0 heterocycles. The molecule has 0 unspecified atom stereocenters. The third-order valence-electron chi connectivity index (χ3n) is 11.2. The monoisotopic (exact) mass is 813 g/mol. The van der Waals surface area contributed by atoms with E-state index in [1.54, 1.807) is 0 Å². The molecular weight excluding hydrogens is 721 g/mol. The first-order valence-corrected chi connectivity index (χ1v) is 24.4. The van der Waals surface area contributed by atoms with Crippen molar-refractivity contribution in [2.24, 2.45) is 0 Å². The highest BCUT2D eigenvalue weighted by molar-refractivity contribution is 5.73. The van der Waals surface area contributed by atoms with Crippen LogP contribution in [0, 0.1) is 0 Å². The van der Waals surface area contributed by atoms with E-state index in [1.807, 2.05) is 0 Å². The Morgan fingerprint density at radius 3 is 0.860 bits per heavy atom. The summed E-state index contributed by atoms with van der Waals surface area (Å²) in [5, 5.41) is 32.3. The Bertz CT molecular complexity index is 882. The van der Waals surface area contributed by atoms with E-state index in [-0.39, 0.29) is 45.1 Å². The van der Waals surface area contributed by atoms with Gasteiger partial charge in [0.2, 0.25) is 0 Å². The van der Waals surface area contributed by atoms with Crippen molar-refractivity contribution in [3.05, 3.63) is 0 Å². The largest absolute Gasteiger partial charge is 0.413 e. The fourth-order valence-corrected chi connectivity index (χ4v) is 7.45. The summed E-state index contributed by atoms with van der Waals surface area (Å²) in [5.41, 5.74) is 0. The molecule has 0 aliphatic heterocycles. The van der Waals surface area contributed by atoms with Gasteiger partial charge < -0.3 is 29.5 Å². The van der Waals surface area contributed by atoms with Gasteiger partial charge >= 0.3 is 29.7 Å². The number of ether oxygens (including phenoxy) is 3. The summed E-state index contributed by atoms with van der Waals surface area (Å²) in [6.45, 7) is 6.47. The van der Waals surface area contributed by atoms with Crippen LogP contribution >= 0.6 is 0 Å². The predicted octanol–water partition coefficient (Wildman–Crippen LogP) is 13.2. The van der Waals surface area contributed by atoms with E-state index in [9.17, 15) is 29.7 Å². The second-order valence-corrected chi connectivity index (χ2v) is 16.8. The molecule has 0 aliphatic rings. The van der Waals surface area contributed by atoms with E-state index in [4.69, 9.17) is 14.2 Å². The fraction of sp³-hybridized carbons (Fsp3) is 0.938. The molecule has 0 atom stereocenters. The lowest BCUT2D eigenvalue weighted by molar-refractivity contribution is -0.445. The summed E-state index contributed by atoms with van der Waals surface area (Å²) in [6, 6.07) is 0. The van der Waals surface area contributed by atoms with Gasteiger partial charge in [0.1, 0.15) is 0 Å². The van der Waals surface area contributed by atoms with Crippen LogP contribution in [0.4, 0.5) is 0 Å². The second kappa shape index (κ2) is 39.7. The highest BCUT2D eigenvalue weighted by Crippen LogP contribution is 2.35. The molecule has 0 bridgehead atoms. The highest BCUT2D eigenvalue weighted by Gasteiger charge is 2.60. The van der Waals surface area contributed by atoms with Gasteiger partial charge in [-0.3, -0.25) is 14.4 Å². The Labute approximate surface area is 350 Å². The molecule has 0 saturated heterocycles. The van der Waals surface area contributed by atoms with Crippen LogP contribution in [0.15, 0.2) is 0 Å². The maximum Gasteiger partial charge on any atom is 0.406 e. The van der Waals surface area contributed by atoms with Crippen LogP contribution in [-0.2, 0) is 28.6 Å². The Hall–Kier alpha value is -1.71. The van der Waals surface area contributed by atoms with Crippen molar-refractivity contribution in [2.45, 2.75) is 283 Å². The minimum absolute atomic E-state index is 0.00229. The average Bonchev–Trinajstić information content (AvgIpc) is 3.17. The first kappa shape index (κ1) is 55.3. The summed E-state index contributed by atoms with van der Waals surface area (Å²) >= 11 is 0.